The van der Waals surface area contributed by atoms with Crippen LogP contribution in [0.15, 0.2) is 97.1 Å². The van der Waals surface area contributed by atoms with Gasteiger partial charge in [0.25, 0.3) is 0 Å². The zero-order chi connectivity index (χ0) is 28.1. The van der Waals surface area contributed by atoms with Crippen LogP contribution in [0, 0.1) is 0 Å². The van der Waals surface area contributed by atoms with Crippen molar-refractivity contribution in [2.75, 3.05) is 16.0 Å². The molecule has 0 atom stereocenters. The van der Waals surface area contributed by atoms with Gasteiger partial charge in [-0.15, -0.1) is 10.2 Å². The van der Waals surface area contributed by atoms with Gasteiger partial charge in [0.2, 0.25) is 23.8 Å². The fraction of sp³-hybridized carbons (Fsp3) is 0. The van der Waals surface area contributed by atoms with Crippen molar-refractivity contribution in [1.82, 2.24) is 55.5 Å². The third-order valence-corrected chi connectivity index (χ3v) is 6.02. The minimum atomic E-state index is 0.225. The Morgan fingerprint density at radius 2 is 0.952 bits per heavy atom. The maximum absolute atomic E-state index is 4.58. The molecule has 7 rings (SSSR count). The molecule has 0 fully saturated rings. The summed E-state index contributed by atoms with van der Waals surface area (Å²) < 4.78 is 0. The van der Waals surface area contributed by atoms with Crippen LogP contribution in [0.1, 0.15) is 0 Å². The Kier molecular flexibility index (Phi) is 6.42. The summed E-state index contributed by atoms with van der Waals surface area (Å²) in [7, 11) is 0. The molecule has 42 heavy (non-hydrogen) atoms. The van der Waals surface area contributed by atoms with E-state index in [4.69, 9.17) is 0 Å². The summed E-state index contributed by atoms with van der Waals surface area (Å²) >= 11 is 0. The van der Waals surface area contributed by atoms with E-state index in [0.717, 1.165) is 16.7 Å². The highest BCUT2D eigenvalue weighted by atomic mass is 15.4. The molecule has 4 aromatic heterocycles. The summed E-state index contributed by atoms with van der Waals surface area (Å²) in [5.74, 6) is 3.86. The fourth-order valence-electron chi connectivity index (χ4n) is 4.09. The van der Waals surface area contributed by atoms with E-state index in [1.54, 1.807) is 6.07 Å². The first kappa shape index (κ1) is 24.6. The van der Waals surface area contributed by atoms with Crippen LogP contribution >= 0.6 is 0 Å². The van der Waals surface area contributed by atoms with E-state index in [1.807, 2.05) is 91.0 Å². The molecule has 3 aromatic carbocycles. The van der Waals surface area contributed by atoms with Gasteiger partial charge >= 0.3 is 0 Å². The lowest BCUT2D eigenvalue weighted by Gasteiger charge is -2.08. The molecule has 6 N–H and O–H groups in total. The third-order valence-electron chi connectivity index (χ3n) is 6.02. The molecule has 0 saturated carbocycles. The lowest BCUT2D eigenvalue weighted by molar-refractivity contribution is 1.07. The van der Waals surface area contributed by atoms with Gasteiger partial charge in [-0.3, -0.25) is 15.5 Å². The first-order chi connectivity index (χ1) is 20.7. The Hall–Kier alpha value is -6.44. The van der Waals surface area contributed by atoms with Crippen molar-refractivity contribution in [3.63, 3.8) is 0 Å². The molecule has 0 bridgehead atoms. The number of nitrogens with one attached hydrogen (secondary N) is 6. The van der Waals surface area contributed by atoms with Crippen LogP contribution in [0.4, 0.5) is 35.4 Å². The Bertz CT molecular complexity index is 1680. The molecule has 0 aliphatic rings. The molecule has 204 valence electrons. The van der Waals surface area contributed by atoms with Gasteiger partial charge in [0.05, 0.1) is 0 Å². The van der Waals surface area contributed by atoms with Gasteiger partial charge in [0, 0.05) is 22.8 Å². The number of H-pyrrole nitrogens is 3. The SMILES string of the molecule is c1ccc(-c2n[nH]c(Nc3cc(Nc4n[nH]c(-c5ccccc5)n4)nc(Nc4n[nH]c(-c5ccccc5)n4)n3)n2)cc1. The number of hydrogen-bond donors (Lipinski definition) is 6. The Labute approximate surface area is 238 Å². The Morgan fingerprint density at radius 1 is 0.429 bits per heavy atom. The molecule has 4 heterocycles. The summed E-state index contributed by atoms with van der Waals surface area (Å²) in [6.07, 6.45) is 0. The third kappa shape index (κ3) is 5.48. The predicted molar refractivity (Wildman–Crippen MR) is 157 cm³/mol. The first-order valence-electron chi connectivity index (χ1n) is 12.9. The second-order valence-corrected chi connectivity index (χ2v) is 8.96. The van der Waals surface area contributed by atoms with Crippen molar-refractivity contribution in [3.8, 4) is 34.2 Å². The minimum absolute atomic E-state index is 0.225. The smallest absolute Gasteiger partial charge is 0.249 e. The molecule has 0 aliphatic carbocycles. The zero-order valence-electron chi connectivity index (χ0n) is 21.8. The average molecular weight is 555 g/mol. The largest absolute Gasteiger partial charge is 0.309 e. The van der Waals surface area contributed by atoms with E-state index in [0.29, 0.717) is 47.0 Å². The molecule has 0 aliphatic heterocycles. The van der Waals surface area contributed by atoms with Crippen LogP contribution in [-0.2, 0) is 0 Å². The van der Waals surface area contributed by atoms with Gasteiger partial charge in [0.15, 0.2) is 17.5 Å². The van der Waals surface area contributed by atoms with E-state index in [9.17, 15) is 0 Å². The quantitative estimate of drug-likeness (QED) is 0.140. The molecular formula is C28H22N14. The molecule has 7 aromatic rings. The maximum Gasteiger partial charge on any atom is 0.249 e. The highest BCUT2D eigenvalue weighted by Crippen LogP contribution is 2.24. The molecule has 14 nitrogen and oxygen atoms in total. The van der Waals surface area contributed by atoms with Crippen molar-refractivity contribution in [1.29, 1.82) is 0 Å². The van der Waals surface area contributed by atoms with Crippen molar-refractivity contribution in [2.45, 2.75) is 0 Å². The Balaban J connectivity index is 1.17. The zero-order valence-corrected chi connectivity index (χ0v) is 21.8. The van der Waals surface area contributed by atoms with Gasteiger partial charge in [-0.1, -0.05) is 91.0 Å². The van der Waals surface area contributed by atoms with Crippen LogP contribution in [0.3, 0.4) is 0 Å². The Morgan fingerprint density at radius 3 is 1.55 bits per heavy atom. The lowest BCUT2D eigenvalue weighted by atomic mass is 10.2. The number of rotatable bonds is 9. The van der Waals surface area contributed by atoms with Gasteiger partial charge in [-0.05, 0) is 0 Å². The molecule has 0 spiro atoms. The summed E-state index contributed by atoms with van der Waals surface area (Å²) in [6.45, 7) is 0. The van der Waals surface area contributed by atoms with Crippen LogP contribution < -0.4 is 16.0 Å². The minimum Gasteiger partial charge on any atom is -0.309 e. The standard InChI is InChI=1S/C28H22N14/c1-4-10-17(11-5-1)22-33-26(40-37-22)31-20-16-21(32-27-34-23(38-41-27)18-12-6-2-7-13-18)30-25(29-20)36-28-35-24(39-42-28)19-14-8-3-9-15-19/h1-16H,(H6,29,30,31,32,33,34,35,36,37,38,39,40,41,42). The van der Waals surface area contributed by atoms with Gasteiger partial charge in [0.1, 0.15) is 11.6 Å². The van der Waals surface area contributed by atoms with Gasteiger partial charge in [-0.2, -0.15) is 30.0 Å². The number of nitrogens with zero attached hydrogens (tertiary/aromatic N) is 8. The highest BCUT2D eigenvalue weighted by Gasteiger charge is 2.14. The van der Waals surface area contributed by atoms with E-state index in [1.165, 1.54) is 0 Å². The van der Waals surface area contributed by atoms with Crippen LogP contribution in [0.5, 0.6) is 0 Å². The van der Waals surface area contributed by atoms with E-state index >= 15 is 0 Å². The molecule has 0 amide bonds. The number of hydrogen-bond acceptors (Lipinski definition) is 11. The second-order valence-electron chi connectivity index (χ2n) is 8.96. The molecule has 0 unspecified atom stereocenters. The van der Waals surface area contributed by atoms with Gasteiger partial charge < -0.3 is 10.6 Å². The number of aromatic amines is 3. The summed E-state index contributed by atoms with van der Waals surface area (Å²) in [6, 6.07) is 30.7. The number of aromatic nitrogens is 11. The fourth-order valence-corrected chi connectivity index (χ4v) is 4.09. The number of anilines is 6. The second kappa shape index (κ2) is 11.0. The molecular weight excluding hydrogens is 532 g/mol. The van der Waals surface area contributed by atoms with E-state index in [-0.39, 0.29) is 5.95 Å². The summed E-state index contributed by atoms with van der Waals surface area (Å²) in [4.78, 5) is 22.8. The molecule has 0 radical (unpaired) electrons. The summed E-state index contributed by atoms with van der Waals surface area (Å²) in [5.41, 5.74) is 2.69. The highest BCUT2D eigenvalue weighted by molar-refractivity contribution is 5.65. The number of benzene rings is 3. The monoisotopic (exact) mass is 554 g/mol. The lowest BCUT2D eigenvalue weighted by Crippen LogP contribution is -2.06. The van der Waals surface area contributed by atoms with Gasteiger partial charge in [-0.25, -0.2) is 5.10 Å². The van der Waals surface area contributed by atoms with Crippen molar-refractivity contribution in [2.24, 2.45) is 0 Å². The first-order valence-corrected chi connectivity index (χ1v) is 12.9. The van der Waals surface area contributed by atoms with Crippen LogP contribution in [-0.4, -0.2) is 55.5 Å². The topological polar surface area (TPSA) is 187 Å². The normalized spacial score (nSPS) is 10.9. The van der Waals surface area contributed by atoms with E-state index < -0.39 is 0 Å². The van der Waals surface area contributed by atoms with Crippen molar-refractivity contribution in [3.05, 3.63) is 97.1 Å². The summed E-state index contributed by atoms with van der Waals surface area (Å²) in [5, 5.41) is 31.0. The van der Waals surface area contributed by atoms with Crippen molar-refractivity contribution >= 4 is 35.4 Å². The predicted octanol–water partition coefficient (Wildman–Crippen LogP) is 5.06. The van der Waals surface area contributed by atoms with Crippen molar-refractivity contribution < 1.29 is 0 Å². The van der Waals surface area contributed by atoms with Crippen LogP contribution in [0.2, 0.25) is 0 Å². The maximum atomic E-state index is 4.58. The van der Waals surface area contributed by atoms with Crippen LogP contribution in [0.25, 0.3) is 34.2 Å². The average Bonchev–Trinajstić information content (AvgIpc) is 3.81. The van der Waals surface area contributed by atoms with E-state index in [2.05, 4.69) is 71.5 Å². The molecule has 0 saturated heterocycles. The molecule has 14 heteroatoms.